The molecule has 0 fully saturated rings. The minimum absolute atomic E-state index is 0.0106. The van der Waals surface area contributed by atoms with Crippen molar-refractivity contribution in [3.8, 4) is 6.07 Å². The van der Waals surface area contributed by atoms with E-state index in [1.54, 1.807) is 12.1 Å². The number of nitrogens with one attached hydrogen (secondary N) is 1. The molecule has 1 N–H and O–H groups in total. The van der Waals surface area contributed by atoms with Gasteiger partial charge in [0.25, 0.3) is 0 Å². The summed E-state index contributed by atoms with van der Waals surface area (Å²) in [6, 6.07) is 13.2. The highest BCUT2D eigenvalue weighted by Crippen LogP contribution is 2.15. The minimum Gasteiger partial charge on any atom is -0.306 e. The Bertz CT molecular complexity index is 647. The number of rotatable bonds is 4. The van der Waals surface area contributed by atoms with Crippen LogP contribution in [0.2, 0.25) is 0 Å². The van der Waals surface area contributed by atoms with Crippen LogP contribution in [0.25, 0.3) is 0 Å². The van der Waals surface area contributed by atoms with Crippen LogP contribution in [0.5, 0.6) is 0 Å². The standard InChI is InChI=1S/C16H14F2N2/c1-11(14-4-2-3-12(7-14)9-19)20-10-13-5-6-15(17)16(18)8-13/h2-8,11,20H,10H2,1H3. The fourth-order valence-corrected chi connectivity index (χ4v) is 1.92. The van der Waals surface area contributed by atoms with E-state index in [9.17, 15) is 8.78 Å². The Morgan fingerprint density at radius 3 is 2.65 bits per heavy atom. The predicted molar refractivity (Wildman–Crippen MR) is 72.8 cm³/mol. The molecule has 0 saturated heterocycles. The zero-order chi connectivity index (χ0) is 14.5. The molecule has 0 aliphatic rings. The lowest BCUT2D eigenvalue weighted by molar-refractivity contribution is 0.504. The molecule has 20 heavy (non-hydrogen) atoms. The number of hydrogen-bond acceptors (Lipinski definition) is 2. The summed E-state index contributed by atoms with van der Waals surface area (Å²) in [6.07, 6.45) is 0. The number of halogens is 2. The van der Waals surface area contributed by atoms with Gasteiger partial charge in [0.15, 0.2) is 11.6 Å². The lowest BCUT2D eigenvalue weighted by Crippen LogP contribution is -2.18. The van der Waals surface area contributed by atoms with Gasteiger partial charge >= 0.3 is 0 Å². The van der Waals surface area contributed by atoms with Crippen molar-refractivity contribution in [1.82, 2.24) is 5.32 Å². The van der Waals surface area contributed by atoms with E-state index in [-0.39, 0.29) is 6.04 Å². The van der Waals surface area contributed by atoms with E-state index in [1.165, 1.54) is 6.07 Å². The summed E-state index contributed by atoms with van der Waals surface area (Å²) < 4.78 is 25.9. The SMILES string of the molecule is CC(NCc1ccc(F)c(F)c1)c1cccc(C#N)c1. The lowest BCUT2D eigenvalue weighted by atomic mass is 10.1. The smallest absolute Gasteiger partial charge is 0.159 e. The highest BCUT2D eigenvalue weighted by atomic mass is 19.2. The van der Waals surface area contributed by atoms with E-state index < -0.39 is 11.6 Å². The van der Waals surface area contributed by atoms with Crippen LogP contribution in [-0.4, -0.2) is 0 Å². The third-order valence-electron chi connectivity index (χ3n) is 3.11. The van der Waals surface area contributed by atoms with E-state index in [4.69, 9.17) is 5.26 Å². The highest BCUT2D eigenvalue weighted by molar-refractivity contribution is 5.34. The molecule has 0 spiro atoms. The number of nitrogens with zero attached hydrogens (tertiary/aromatic N) is 1. The van der Waals surface area contributed by atoms with Gasteiger partial charge in [0.2, 0.25) is 0 Å². The maximum Gasteiger partial charge on any atom is 0.159 e. The first-order valence-corrected chi connectivity index (χ1v) is 6.27. The normalized spacial score (nSPS) is 11.9. The van der Waals surface area contributed by atoms with Gasteiger partial charge in [-0.2, -0.15) is 5.26 Å². The van der Waals surface area contributed by atoms with Crippen molar-refractivity contribution in [1.29, 1.82) is 5.26 Å². The van der Waals surface area contributed by atoms with Crippen LogP contribution in [0, 0.1) is 23.0 Å². The third-order valence-corrected chi connectivity index (χ3v) is 3.11. The van der Waals surface area contributed by atoms with Gasteiger partial charge in [-0.05, 0) is 42.3 Å². The summed E-state index contributed by atoms with van der Waals surface area (Å²) in [5, 5.41) is 12.1. The first-order valence-electron chi connectivity index (χ1n) is 6.27. The van der Waals surface area contributed by atoms with Crippen LogP contribution in [0.15, 0.2) is 42.5 Å². The van der Waals surface area contributed by atoms with Gasteiger partial charge in [0.1, 0.15) is 0 Å². The van der Waals surface area contributed by atoms with Crippen LogP contribution in [0.3, 0.4) is 0 Å². The molecule has 2 aromatic carbocycles. The van der Waals surface area contributed by atoms with Crippen LogP contribution in [-0.2, 0) is 6.54 Å². The molecule has 2 rings (SSSR count). The average Bonchev–Trinajstić information content (AvgIpc) is 2.48. The van der Waals surface area contributed by atoms with Gasteiger partial charge in [-0.1, -0.05) is 18.2 Å². The zero-order valence-electron chi connectivity index (χ0n) is 11.0. The number of benzene rings is 2. The maximum absolute atomic E-state index is 13.1. The van der Waals surface area contributed by atoms with Gasteiger partial charge in [0.05, 0.1) is 11.6 Å². The van der Waals surface area contributed by atoms with Crippen LogP contribution in [0.1, 0.15) is 29.7 Å². The average molecular weight is 272 g/mol. The molecule has 0 amide bonds. The molecule has 0 aliphatic carbocycles. The Balaban J connectivity index is 2.02. The Kier molecular flexibility index (Phi) is 4.44. The van der Waals surface area contributed by atoms with Crippen LogP contribution in [0.4, 0.5) is 8.78 Å². The van der Waals surface area contributed by atoms with Crippen molar-refractivity contribution in [2.75, 3.05) is 0 Å². The van der Waals surface area contributed by atoms with Gasteiger partial charge < -0.3 is 5.32 Å². The fourth-order valence-electron chi connectivity index (χ4n) is 1.92. The molecule has 0 aliphatic heterocycles. The summed E-state index contributed by atoms with van der Waals surface area (Å²) in [6.45, 7) is 2.38. The summed E-state index contributed by atoms with van der Waals surface area (Å²) >= 11 is 0. The molecule has 2 nitrogen and oxygen atoms in total. The summed E-state index contributed by atoms with van der Waals surface area (Å²) in [7, 11) is 0. The Morgan fingerprint density at radius 1 is 1.15 bits per heavy atom. The van der Waals surface area contributed by atoms with Crippen molar-refractivity contribution in [2.24, 2.45) is 0 Å². The largest absolute Gasteiger partial charge is 0.306 e. The maximum atomic E-state index is 13.1. The molecule has 2 aromatic rings. The first-order chi connectivity index (χ1) is 9.60. The zero-order valence-corrected chi connectivity index (χ0v) is 11.0. The first kappa shape index (κ1) is 14.2. The molecule has 0 bridgehead atoms. The van der Waals surface area contributed by atoms with Crippen LogP contribution >= 0.6 is 0 Å². The summed E-state index contributed by atoms with van der Waals surface area (Å²) in [4.78, 5) is 0. The van der Waals surface area contributed by atoms with Crippen molar-refractivity contribution < 1.29 is 8.78 Å². The van der Waals surface area contributed by atoms with E-state index in [1.807, 2.05) is 25.1 Å². The summed E-state index contributed by atoms with van der Waals surface area (Å²) in [5.74, 6) is -1.69. The minimum atomic E-state index is -0.844. The summed E-state index contributed by atoms with van der Waals surface area (Å²) in [5.41, 5.74) is 2.25. The molecule has 102 valence electrons. The molecule has 1 atom stereocenters. The number of nitriles is 1. The van der Waals surface area contributed by atoms with Gasteiger partial charge in [-0.3, -0.25) is 0 Å². The van der Waals surface area contributed by atoms with Crippen molar-refractivity contribution in [3.63, 3.8) is 0 Å². The second kappa shape index (κ2) is 6.27. The van der Waals surface area contributed by atoms with E-state index in [0.29, 0.717) is 17.7 Å². The van der Waals surface area contributed by atoms with Crippen molar-refractivity contribution in [3.05, 3.63) is 70.8 Å². The van der Waals surface area contributed by atoms with E-state index >= 15 is 0 Å². The Labute approximate surface area is 116 Å². The molecule has 0 aromatic heterocycles. The molecule has 0 saturated carbocycles. The second-order valence-corrected chi connectivity index (χ2v) is 4.59. The van der Waals surface area contributed by atoms with Crippen molar-refractivity contribution >= 4 is 0 Å². The second-order valence-electron chi connectivity index (χ2n) is 4.59. The van der Waals surface area contributed by atoms with Gasteiger partial charge in [0, 0.05) is 12.6 Å². The Hall–Kier alpha value is -2.25. The van der Waals surface area contributed by atoms with Gasteiger partial charge in [-0.15, -0.1) is 0 Å². The third kappa shape index (κ3) is 3.40. The predicted octanol–water partition coefficient (Wildman–Crippen LogP) is 3.69. The molecule has 4 heteroatoms. The highest BCUT2D eigenvalue weighted by Gasteiger charge is 2.07. The van der Waals surface area contributed by atoms with Crippen LogP contribution < -0.4 is 5.32 Å². The Morgan fingerprint density at radius 2 is 1.95 bits per heavy atom. The topological polar surface area (TPSA) is 35.8 Å². The monoisotopic (exact) mass is 272 g/mol. The molecule has 1 unspecified atom stereocenters. The number of hydrogen-bond donors (Lipinski definition) is 1. The molecule has 0 heterocycles. The fraction of sp³-hybridized carbons (Fsp3) is 0.188. The molecular formula is C16H14F2N2. The quantitative estimate of drug-likeness (QED) is 0.921. The van der Waals surface area contributed by atoms with E-state index in [2.05, 4.69) is 11.4 Å². The van der Waals surface area contributed by atoms with E-state index in [0.717, 1.165) is 11.6 Å². The van der Waals surface area contributed by atoms with Gasteiger partial charge in [-0.25, -0.2) is 8.78 Å². The molecule has 0 radical (unpaired) electrons. The van der Waals surface area contributed by atoms with Crippen molar-refractivity contribution in [2.45, 2.75) is 19.5 Å². The lowest BCUT2D eigenvalue weighted by Gasteiger charge is -2.14. The molecular weight excluding hydrogens is 258 g/mol.